The molecule has 0 bridgehead atoms. The summed E-state index contributed by atoms with van der Waals surface area (Å²) in [7, 11) is 0. The van der Waals surface area contributed by atoms with E-state index in [4.69, 9.17) is 20.4 Å². The van der Waals surface area contributed by atoms with E-state index in [1.54, 1.807) is 13.0 Å². The Hall–Kier alpha value is -2.07. The highest BCUT2D eigenvalue weighted by molar-refractivity contribution is 5.42. The fraction of sp³-hybridized carbons (Fsp3) is 0.125. The standard InChI is InChI=1S/C8H5N3O/c1-5-2-6(3-9)7(4-10)8(11)12-5/h2,11H,1H3. The normalized spacial score (nSPS) is 8.58. The van der Waals surface area contributed by atoms with Gasteiger partial charge in [0.1, 0.15) is 23.5 Å². The van der Waals surface area contributed by atoms with Gasteiger partial charge in [-0.15, -0.1) is 0 Å². The lowest BCUT2D eigenvalue weighted by atomic mass is 10.1. The van der Waals surface area contributed by atoms with Crippen LogP contribution in [0.25, 0.3) is 0 Å². The van der Waals surface area contributed by atoms with E-state index in [1.165, 1.54) is 6.07 Å². The Morgan fingerprint density at radius 2 is 2.08 bits per heavy atom. The largest absolute Gasteiger partial charge is 0.443 e. The van der Waals surface area contributed by atoms with Crippen LogP contribution >= 0.6 is 0 Å². The quantitative estimate of drug-likeness (QED) is 0.607. The van der Waals surface area contributed by atoms with Crippen LogP contribution in [0.3, 0.4) is 0 Å². The van der Waals surface area contributed by atoms with Crippen molar-refractivity contribution in [2.24, 2.45) is 0 Å². The number of nitriles is 2. The fourth-order valence-electron chi connectivity index (χ4n) is 0.838. The predicted molar refractivity (Wildman–Crippen MR) is 38.7 cm³/mol. The summed E-state index contributed by atoms with van der Waals surface area (Å²) in [6.45, 7) is 1.63. The Kier molecular flexibility index (Phi) is 1.94. The zero-order valence-corrected chi connectivity index (χ0v) is 6.38. The Bertz CT molecular complexity index is 445. The highest BCUT2D eigenvalue weighted by Crippen LogP contribution is 2.03. The van der Waals surface area contributed by atoms with E-state index in [0.29, 0.717) is 5.76 Å². The molecule has 1 heterocycles. The SMILES string of the molecule is Cc1cc(C#N)c(C#N)c(=N)o1. The van der Waals surface area contributed by atoms with Crippen LogP contribution in [0.5, 0.6) is 0 Å². The summed E-state index contributed by atoms with van der Waals surface area (Å²) in [4.78, 5) is 0. The lowest BCUT2D eigenvalue weighted by Gasteiger charge is -1.94. The second-order valence-corrected chi connectivity index (χ2v) is 2.20. The van der Waals surface area contributed by atoms with Crippen molar-refractivity contribution in [3.8, 4) is 12.1 Å². The van der Waals surface area contributed by atoms with Gasteiger partial charge < -0.3 is 4.42 Å². The molecule has 0 saturated heterocycles. The van der Waals surface area contributed by atoms with Gasteiger partial charge >= 0.3 is 0 Å². The van der Waals surface area contributed by atoms with Crippen molar-refractivity contribution in [2.45, 2.75) is 6.92 Å². The first-order valence-electron chi connectivity index (χ1n) is 3.18. The topological polar surface area (TPSA) is 84.6 Å². The van der Waals surface area contributed by atoms with Crippen molar-refractivity contribution in [3.63, 3.8) is 0 Å². The molecule has 1 aromatic rings. The van der Waals surface area contributed by atoms with E-state index < -0.39 is 0 Å². The van der Waals surface area contributed by atoms with E-state index in [1.807, 2.05) is 6.07 Å². The van der Waals surface area contributed by atoms with Crippen LogP contribution in [0.4, 0.5) is 0 Å². The number of hydrogen-bond donors (Lipinski definition) is 1. The third-order valence-corrected chi connectivity index (χ3v) is 1.34. The average Bonchev–Trinajstić information content (AvgIpc) is 2.03. The van der Waals surface area contributed by atoms with Gasteiger partial charge in [-0.25, -0.2) is 0 Å². The Labute approximate surface area is 68.8 Å². The van der Waals surface area contributed by atoms with Crippen LogP contribution in [0.2, 0.25) is 0 Å². The maximum Gasteiger partial charge on any atom is 0.230 e. The molecule has 0 atom stereocenters. The molecule has 1 N–H and O–H groups in total. The highest BCUT2D eigenvalue weighted by Gasteiger charge is 2.05. The van der Waals surface area contributed by atoms with Crippen molar-refractivity contribution in [2.75, 3.05) is 0 Å². The van der Waals surface area contributed by atoms with E-state index in [-0.39, 0.29) is 16.7 Å². The maximum absolute atomic E-state index is 8.57. The first-order valence-corrected chi connectivity index (χ1v) is 3.18. The van der Waals surface area contributed by atoms with Gasteiger partial charge in [0.15, 0.2) is 0 Å². The second kappa shape index (κ2) is 2.89. The molecule has 0 aliphatic rings. The van der Waals surface area contributed by atoms with Crippen LogP contribution in [-0.4, -0.2) is 0 Å². The minimum absolute atomic E-state index is 0.0110. The predicted octanol–water partition coefficient (Wildman–Crippen LogP) is 0.811. The molecule has 0 amide bonds. The summed E-state index contributed by atoms with van der Waals surface area (Å²) in [5.41, 5.74) is -0.0802. The molecule has 0 saturated carbocycles. The van der Waals surface area contributed by atoms with Crippen LogP contribution in [-0.2, 0) is 0 Å². The van der Waals surface area contributed by atoms with Gasteiger partial charge in [-0.2, -0.15) is 10.5 Å². The number of nitrogens with zero attached hydrogens (tertiary/aromatic N) is 2. The van der Waals surface area contributed by atoms with Crippen LogP contribution in [0.15, 0.2) is 10.5 Å². The van der Waals surface area contributed by atoms with Gasteiger partial charge in [0.05, 0.1) is 5.56 Å². The second-order valence-electron chi connectivity index (χ2n) is 2.20. The van der Waals surface area contributed by atoms with Crippen molar-refractivity contribution < 1.29 is 4.42 Å². The van der Waals surface area contributed by atoms with E-state index >= 15 is 0 Å². The zero-order chi connectivity index (χ0) is 9.14. The number of rotatable bonds is 0. The van der Waals surface area contributed by atoms with Crippen LogP contribution in [0.1, 0.15) is 16.9 Å². The first-order chi connectivity index (χ1) is 5.69. The van der Waals surface area contributed by atoms with Crippen LogP contribution in [0, 0.1) is 35.0 Å². The maximum atomic E-state index is 8.57. The summed E-state index contributed by atoms with van der Waals surface area (Å²) in [6.07, 6.45) is 0. The third kappa shape index (κ3) is 1.18. The molecule has 0 aliphatic heterocycles. The first kappa shape index (κ1) is 8.03. The molecule has 0 unspecified atom stereocenters. The molecule has 58 valence electrons. The number of aryl methyl sites for hydroxylation is 1. The number of hydrogen-bond acceptors (Lipinski definition) is 4. The monoisotopic (exact) mass is 159 g/mol. The number of nitrogens with one attached hydrogen (secondary N) is 1. The van der Waals surface area contributed by atoms with Gasteiger partial charge in [0, 0.05) is 0 Å². The Balaban J connectivity index is 3.61. The van der Waals surface area contributed by atoms with E-state index in [0.717, 1.165) is 0 Å². The molecular formula is C8H5N3O. The molecular weight excluding hydrogens is 154 g/mol. The van der Waals surface area contributed by atoms with Crippen molar-refractivity contribution in [3.05, 3.63) is 28.5 Å². The summed E-state index contributed by atoms with van der Waals surface area (Å²) in [6, 6.07) is 5.00. The molecule has 0 aliphatic carbocycles. The van der Waals surface area contributed by atoms with Gasteiger partial charge in [0.25, 0.3) is 0 Å². The van der Waals surface area contributed by atoms with Gasteiger partial charge in [-0.3, -0.25) is 5.41 Å². The molecule has 0 fully saturated rings. The fourth-order valence-corrected chi connectivity index (χ4v) is 0.838. The summed E-state index contributed by atoms with van der Waals surface area (Å²) < 4.78 is 4.83. The van der Waals surface area contributed by atoms with Gasteiger partial charge in [-0.1, -0.05) is 0 Å². The lowest BCUT2D eigenvalue weighted by molar-refractivity contribution is 0.455. The smallest absolute Gasteiger partial charge is 0.230 e. The minimum atomic E-state index is -0.256. The van der Waals surface area contributed by atoms with E-state index in [2.05, 4.69) is 0 Å². The van der Waals surface area contributed by atoms with E-state index in [9.17, 15) is 0 Å². The van der Waals surface area contributed by atoms with Crippen molar-refractivity contribution in [1.82, 2.24) is 0 Å². The van der Waals surface area contributed by atoms with Crippen LogP contribution < -0.4 is 5.55 Å². The summed E-state index contributed by atoms with van der Waals surface area (Å²) in [5, 5.41) is 24.3. The Morgan fingerprint density at radius 1 is 1.42 bits per heavy atom. The summed E-state index contributed by atoms with van der Waals surface area (Å²) in [5.74, 6) is 0.454. The molecule has 12 heavy (non-hydrogen) atoms. The lowest BCUT2D eigenvalue weighted by Crippen LogP contribution is -2.07. The van der Waals surface area contributed by atoms with Gasteiger partial charge in [-0.05, 0) is 13.0 Å². The average molecular weight is 159 g/mol. The molecule has 1 aromatic heterocycles. The highest BCUT2D eigenvalue weighted by atomic mass is 16.3. The molecule has 0 spiro atoms. The summed E-state index contributed by atoms with van der Waals surface area (Å²) >= 11 is 0. The molecule has 0 aromatic carbocycles. The molecule has 0 radical (unpaired) electrons. The zero-order valence-electron chi connectivity index (χ0n) is 6.38. The molecule has 1 rings (SSSR count). The van der Waals surface area contributed by atoms with Gasteiger partial charge in [0.2, 0.25) is 5.55 Å². The molecule has 4 nitrogen and oxygen atoms in total. The van der Waals surface area contributed by atoms with Crippen molar-refractivity contribution >= 4 is 0 Å². The minimum Gasteiger partial charge on any atom is -0.443 e. The van der Waals surface area contributed by atoms with Crippen molar-refractivity contribution in [1.29, 1.82) is 15.9 Å². The third-order valence-electron chi connectivity index (χ3n) is 1.34. The molecule has 4 heteroatoms. The Morgan fingerprint density at radius 3 is 2.58 bits per heavy atom.